The molecule has 0 aliphatic carbocycles. The molecule has 170 valence electrons. The number of aromatic nitrogens is 4. The first kappa shape index (κ1) is 23.4. The van der Waals surface area contributed by atoms with Crippen molar-refractivity contribution in [3.8, 4) is 11.6 Å². The summed E-state index contributed by atoms with van der Waals surface area (Å²) in [6.07, 6.45) is 7.15. The molecule has 1 fully saturated rings. The second-order valence-electron chi connectivity index (χ2n) is 7.23. The predicted octanol–water partition coefficient (Wildman–Crippen LogP) is 3.43. The Bertz CT molecular complexity index is 1010. The minimum atomic E-state index is -0.178. The van der Waals surface area contributed by atoms with Gasteiger partial charge in [0.25, 0.3) is 5.91 Å². The van der Waals surface area contributed by atoms with Crippen LogP contribution in [0.3, 0.4) is 0 Å². The van der Waals surface area contributed by atoms with Crippen LogP contribution >= 0.6 is 0 Å². The fourth-order valence-corrected chi connectivity index (χ4v) is 3.83. The highest BCUT2D eigenvalue weighted by Gasteiger charge is 2.28. The summed E-state index contributed by atoms with van der Waals surface area (Å²) in [5.74, 6) is 0.381. The molecule has 0 spiro atoms. The summed E-state index contributed by atoms with van der Waals surface area (Å²) in [5, 5.41) is 18.1. The van der Waals surface area contributed by atoms with Crippen molar-refractivity contribution in [3.05, 3.63) is 65.6 Å². The largest absolute Gasteiger partial charge is 0.472 e. The lowest BCUT2D eigenvalue weighted by atomic mass is 10.0. The molecule has 2 aromatic heterocycles. The van der Waals surface area contributed by atoms with E-state index in [2.05, 4.69) is 15.2 Å². The molecule has 8 heteroatoms. The van der Waals surface area contributed by atoms with E-state index in [4.69, 9.17) is 4.74 Å². The molecule has 4 rings (SSSR count). The van der Waals surface area contributed by atoms with E-state index in [0.29, 0.717) is 30.2 Å². The molecule has 1 aliphatic rings. The van der Waals surface area contributed by atoms with Crippen LogP contribution in [0, 0.1) is 0 Å². The topological polar surface area (TPSA) is 93.4 Å². The van der Waals surface area contributed by atoms with Crippen LogP contribution in [0.5, 0.6) is 5.88 Å². The minimum Gasteiger partial charge on any atom is -0.472 e. The quantitative estimate of drug-likeness (QED) is 0.635. The lowest BCUT2D eigenvalue weighted by Gasteiger charge is -2.33. The van der Waals surface area contributed by atoms with Gasteiger partial charge in [0.1, 0.15) is 6.10 Å². The van der Waals surface area contributed by atoms with E-state index in [0.717, 1.165) is 30.4 Å². The van der Waals surface area contributed by atoms with Crippen LogP contribution in [0.2, 0.25) is 0 Å². The fourth-order valence-electron chi connectivity index (χ4n) is 3.83. The van der Waals surface area contributed by atoms with Gasteiger partial charge >= 0.3 is 0 Å². The minimum absolute atomic E-state index is 0.0751. The van der Waals surface area contributed by atoms with Gasteiger partial charge in [0.2, 0.25) is 5.88 Å². The van der Waals surface area contributed by atoms with E-state index in [1.54, 1.807) is 29.6 Å². The van der Waals surface area contributed by atoms with E-state index in [-0.39, 0.29) is 18.6 Å². The van der Waals surface area contributed by atoms with E-state index < -0.39 is 0 Å². The van der Waals surface area contributed by atoms with E-state index in [1.165, 1.54) is 4.80 Å². The van der Waals surface area contributed by atoms with Crippen LogP contribution in [0.15, 0.2) is 48.9 Å². The molecule has 0 bridgehead atoms. The van der Waals surface area contributed by atoms with Gasteiger partial charge in [-0.1, -0.05) is 32.9 Å². The zero-order valence-electron chi connectivity index (χ0n) is 18.9. The van der Waals surface area contributed by atoms with Gasteiger partial charge in [-0.05, 0) is 43.0 Å². The zero-order chi connectivity index (χ0) is 22.9. The normalized spacial score (nSPS) is 15.6. The van der Waals surface area contributed by atoms with Crippen molar-refractivity contribution in [3.63, 3.8) is 0 Å². The Morgan fingerprint density at radius 3 is 2.62 bits per heavy atom. The number of hydrogen-bond acceptors (Lipinski definition) is 6. The van der Waals surface area contributed by atoms with Crippen molar-refractivity contribution in [2.45, 2.75) is 52.7 Å². The van der Waals surface area contributed by atoms with Crippen LogP contribution < -0.4 is 4.74 Å². The number of ether oxygens (including phenoxy) is 1. The van der Waals surface area contributed by atoms with Crippen molar-refractivity contribution in [1.82, 2.24) is 24.9 Å². The number of piperidine rings is 1. The summed E-state index contributed by atoms with van der Waals surface area (Å²) in [6, 6.07) is 9.22. The second kappa shape index (κ2) is 11.4. The Balaban J connectivity index is 0.00000141. The molecule has 1 saturated heterocycles. The van der Waals surface area contributed by atoms with Crippen molar-refractivity contribution in [2.24, 2.45) is 0 Å². The maximum atomic E-state index is 13.3. The first-order chi connectivity index (χ1) is 15.7. The van der Waals surface area contributed by atoms with Gasteiger partial charge < -0.3 is 14.7 Å². The molecule has 1 amide bonds. The number of aliphatic hydroxyl groups excluding tert-OH is 1. The SMILES string of the molecule is CC.CCc1ccnc(OC2CCCN(C(=O)c3ccccc3-n3nccn3)C2)c1CO. The van der Waals surface area contributed by atoms with Gasteiger partial charge in [-0.25, -0.2) is 4.98 Å². The maximum absolute atomic E-state index is 13.3. The number of nitrogens with zero attached hydrogens (tertiary/aromatic N) is 5. The van der Waals surface area contributed by atoms with Crippen molar-refractivity contribution in [1.29, 1.82) is 0 Å². The molecule has 1 aliphatic heterocycles. The maximum Gasteiger partial charge on any atom is 0.256 e. The Morgan fingerprint density at radius 1 is 1.16 bits per heavy atom. The summed E-state index contributed by atoms with van der Waals surface area (Å²) in [4.78, 5) is 20.9. The fraction of sp³-hybridized carbons (Fsp3) is 0.417. The van der Waals surface area contributed by atoms with Crippen molar-refractivity contribution < 1.29 is 14.6 Å². The third-order valence-corrected chi connectivity index (χ3v) is 5.36. The Kier molecular flexibility index (Phi) is 8.33. The lowest BCUT2D eigenvalue weighted by molar-refractivity contribution is 0.0521. The van der Waals surface area contributed by atoms with E-state index >= 15 is 0 Å². The van der Waals surface area contributed by atoms with Crippen molar-refractivity contribution >= 4 is 5.91 Å². The number of rotatable bonds is 6. The number of carbonyl (C=O) groups is 1. The molecule has 1 N–H and O–H groups in total. The monoisotopic (exact) mass is 437 g/mol. The Morgan fingerprint density at radius 2 is 1.91 bits per heavy atom. The van der Waals surface area contributed by atoms with Crippen LogP contribution in [0.4, 0.5) is 0 Å². The number of pyridine rings is 1. The van der Waals surface area contributed by atoms with Gasteiger partial charge in [-0.2, -0.15) is 15.0 Å². The summed E-state index contributed by atoms with van der Waals surface area (Å²) < 4.78 is 6.14. The molecule has 0 radical (unpaired) electrons. The highest BCUT2D eigenvalue weighted by molar-refractivity contribution is 5.97. The van der Waals surface area contributed by atoms with Gasteiger partial charge in [-0.3, -0.25) is 4.79 Å². The number of aliphatic hydroxyl groups is 1. The third-order valence-electron chi connectivity index (χ3n) is 5.36. The molecular weight excluding hydrogens is 406 g/mol. The summed E-state index contributed by atoms with van der Waals surface area (Å²) in [7, 11) is 0. The summed E-state index contributed by atoms with van der Waals surface area (Å²) >= 11 is 0. The average Bonchev–Trinajstić information content (AvgIpc) is 3.40. The van der Waals surface area contributed by atoms with Crippen LogP contribution in [-0.2, 0) is 13.0 Å². The average molecular weight is 438 g/mol. The molecule has 1 atom stereocenters. The number of benzene rings is 1. The number of para-hydroxylation sites is 1. The van der Waals surface area contributed by atoms with E-state index in [1.807, 2.05) is 45.0 Å². The lowest BCUT2D eigenvalue weighted by Crippen LogP contribution is -2.44. The van der Waals surface area contributed by atoms with Crippen molar-refractivity contribution in [2.75, 3.05) is 13.1 Å². The van der Waals surface area contributed by atoms with Crippen LogP contribution in [0.25, 0.3) is 5.69 Å². The van der Waals surface area contributed by atoms with Gasteiger partial charge in [0.05, 0.1) is 36.8 Å². The molecule has 32 heavy (non-hydrogen) atoms. The number of aryl methyl sites for hydroxylation is 1. The number of amides is 1. The standard InChI is InChI=1S/C22H25N5O3.C2H6/c1-2-16-9-10-23-21(19(16)15-28)30-17-6-5-13-26(14-17)22(29)18-7-3-4-8-20(18)27-24-11-12-25-27;1-2/h3-4,7-12,17,28H,2,5-6,13-15H2,1H3;1-2H3. The first-order valence-corrected chi connectivity index (χ1v) is 11.2. The second-order valence-corrected chi connectivity index (χ2v) is 7.23. The van der Waals surface area contributed by atoms with Crippen LogP contribution in [0.1, 0.15) is 55.1 Å². The molecular formula is C24H31N5O3. The number of carbonyl (C=O) groups excluding carboxylic acids is 1. The summed E-state index contributed by atoms with van der Waals surface area (Å²) in [5.41, 5.74) is 2.94. The third kappa shape index (κ3) is 5.13. The Hall–Kier alpha value is -3.26. The number of hydrogen-bond donors (Lipinski definition) is 1. The van der Waals surface area contributed by atoms with Crippen LogP contribution in [-0.4, -0.2) is 55.1 Å². The molecule has 3 heterocycles. The molecule has 0 saturated carbocycles. The molecule has 3 aromatic rings. The molecule has 1 unspecified atom stereocenters. The highest BCUT2D eigenvalue weighted by Crippen LogP contribution is 2.25. The first-order valence-electron chi connectivity index (χ1n) is 11.2. The van der Waals surface area contributed by atoms with Gasteiger partial charge in [-0.15, -0.1) is 0 Å². The molecule has 1 aromatic carbocycles. The Labute approximate surface area is 188 Å². The predicted molar refractivity (Wildman–Crippen MR) is 122 cm³/mol. The van der Waals surface area contributed by atoms with Gasteiger partial charge in [0.15, 0.2) is 0 Å². The highest BCUT2D eigenvalue weighted by atomic mass is 16.5. The zero-order valence-corrected chi connectivity index (χ0v) is 18.9. The number of likely N-dealkylation sites (tertiary alicyclic amines) is 1. The van der Waals surface area contributed by atoms with Gasteiger partial charge in [0, 0.05) is 18.3 Å². The molecule has 8 nitrogen and oxygen atoms in total. The smallest absolute Gasteiger partial charge is 0.256 e. The van der Waals surface area contributed by atoms with E-state index in [9.17, 15) is 9.90 Å². The summed E-state index contributed by atoms with van der Waals surface area (Å²) in [6.45, 7) is 7.04.